The molecule has 1 heterocycles. The van der Waals surface area contributed by atoms with E-state index in [4.69, 9.17) is 10.5 Å². The Kier molecular flexibility index (Phi) is 3.53. The predicted molar refractivity (Wildman–Crippen MR) is 69.9 cm³/mol. The highest BCUT2D eigenvalue weighted by Crippen LogP contribution is 2.28. The predicted octanol–water partition coefficient (Wildman–Crippen LogP) is 1.17. The van der Waals surface area contributed by atoms with Crippen molar-refractivity contribution in [1.82, 2.24) is 4.90 Å². The van der Waals surface area contributed by atoms with Gasteiger partial charge in [0.15, 0.2) is 0 Å². The number of hydrogen-bond acceptors (Lipinski definition) is 3. The van der Waals surface area contributed by atoms with Crippen molar-refractivity contribution < 1.29 is 9.53 Å². The van der Waals surface area contributed by atoms with Gasteiger partial charge in [-0.1, -0.05) is 28.7 Å². The van der Waals surface area contributed by atoms with E-state index in [0.717, 1.165) is 24.3 Å². The molecule has 0 saturated heterocycles. The third kappa shape index (κ3) is 2.24. The van der Waals surface area contributed by atoms with Gasteiger partial charge in [-0.05, 0) is 12.5 Å². The lowest BCUT2D eigenvalue weighted by molar-refractivity contribution is -0.129. The number of nitrogens with two attached hydrogens (primary N) is 1. The minimum Gasteiger partial charge on any atom is -0.494 e. The average molecular weight is 334 g/mol. The molecule has 5 heteroatoms. The highest BCUT2D eigenvalue weighted by atomic mass is 127. The molecule has 0 radical (unpaired) electrons. The molecule has 16 heavy (non-hydrogen) atoms. The van der Waals surface area contributed by atoms with E-state index in [-0.39, 0.29) is 12.5 Å². The summed E-state index contributed by atoms with van der Waals surface area (Å²) < 4.78 is 6.16. The number of carbonyl (C=O) groups excluding carboxylic acids is 1. The summed E-state index contributed by atoms with van der Waals surface area (Å²) in [7, 11) is 1.75. The zero-order valence-electron chi connectivity index (χ0n) is 9.15. The van der Waals surface area contributed by atoms with Crippen molar-refractivity contribution in [2.24, 2.45) is 5.73 Å². The number of carbonyl (C=O) groups is 1. The van der Waals surface area contributed by atoms with Crippen LogP contribution in [0.5, 0.6) is 0 Å². The Morgan fingerprint density at radius 3 is 3.12 bits per heavy atom. The average Bonchev–Trinajstić information content (AvgIpc) is 2.49. The van der Waals surface area contributed by atoms with Crippen LogP contribution in [-0.2, 0) is 9.53 Å². The summed E-state index contributed by atoms with van der Waals surface area (Å²) >= 11 is 2.40. The Bertz CT molecular complexity index is 365. The van der Waals surface area contributed by atoms with Gasteiger partial charge in [-0.25, -0.2) is 0 Å². The number of amides is 1. The molecular weight excluding hydrogens is 319 g/mol. The van der Waals surface area contributed by atoms with E-state index >= 15 is 0 Å². The maximum Gasteiger partial charge on any atom is 0.247 e. The first-order valence-electron chi connectivity index (χ1n) is 5.29. The van der Waals surface area contributed by atoms with Crippen LogP contribution in [0.4, 0.5) is 0 Å². The van der Waals surface area contributed by atoms with Gasteiger partial charge >= 0.3 is 0 Å². The van der Waals surface area contributed by atoms with Crippen LogP contribution < -0.4 is 5.73 Å². The van der Waals surface area contributed by atoms with Crippen LogP contribution in [0, 0.1) is 0 Å². The quantitative estimate of drug-likeness (QED) is 0.534. The van der Waals surface area contributed by atoms with Gasteiger partial charge in [-0.3, -0.25) is 4.79 Å². The summed E-state index contributed by atoms with van der Waals surface area (Å²) in [5.74, 6) is 0.804. The Morgan fingerprint density at radius 1 is 1.62 bits per heavy atom. The number of likely N-dealkylation sites (N-methyl/N-ethyl adjacent to an activating group) is 1. The van der Waals surface area contributed by atoms with E-state index in [1.54, 1.807) is 11.9 Å². The van der Waals surface area contributed by atoms with E-state index in [1.807, 2.05) is 6.08 Å². The molecule has 1 aliphatic carbocycles. The Hall–Kier alpha value is -0.560. The number of alkyl halides is 1. The number of hydrogen-bond donors (Lipinski definition) is 1. The minimum atomic E-state index is -0.557. The van der Waals surface area contributed by atoms with Crippen LogP contribution in [0.25, 0.3) is 0 Å². The van der Waals surface area contributed by atoms with Crippen LogP contribution >= 0.6 is 22.6 Å². The Balaban J connectivity index is 2.34. The molecule has 0 saturated carbocycles. The molecule has 88 valence electrons. The smallest absolute Gasteiger partial charge is 0.247 e. The Labute approximate surface area is 109 Å². The van der Waals surface area contributed by atoms with E-state index in [2.05, 4.69) is 28.7 Å². The number of nitrogens with zero attached hydrogens (tertiary/aromatic N) is 1. The van der Waals surface area contributed by atoms with Gasteiger partial charge in [0.1, 0.15) is 18.4 Å². The summed E-state index contributed by atoms with van der Waals surface area (Å²) in [6, 6.07) is -0.557. The van der Waals surface area contributed by atoms with Gasteiger partial charge in [0.2, 0.25) is 5.91 Å². The van der Waals surface area contributed by atoms with Crippen molar-refractivity contribution in [2.45, 2.75) is 22.8 Å². The fraction of sp³-hybridized carbons (Fsp3) is 0.545. The van der Waals surface area contributed by atoms with Crippen LogP contribution in [-0.4, -0.2) is 34.4 Å². The molecule has 1 amide bonds. The second-order valence-corrected chi connectivity index (χ2v) is 5.82. The topological polar surface area (TPSA) is 55.6 Å². The Morgan fingerprint density at radius 2 is 2.38 bits per heavy atom. The lowest BCUT2D eigenvalue weighted by atomic mass is 10.2. The second kappa shape index (κ2) is 4.75. The third-order valence-corrected chi connectivity index (χ3v) is 3.76. The van der Waals surface area contributed by atoms with Crippen molar-refractivity contribution in [3.8, 4) is 0 Å². The summed E-state index contributed by atoms with van der Waals surface area (Å²) in [6.45, 7) is 0.277. The molecule has 4 nitrogen and oxygen atoms in total. The summed E-state index contributed by atoms with van der Waals surface area (Å²) in [6.07, 6.45) is 5.91. The minimum absolute atomic E-state index is 0.0819. The van der Waals surface area contributed by atoms with Gasteiger partial charge in [-0.15, -0.1) is 0 Å². The molecule has 2 atom stereocenters. The lowest BCUT2D eigenvalue weighted by Crippen LogP contribution is -2.42. The van der Waals surface area contributed by atoms with Gasteiger partial charge in [0, 0.05) is 17.4 Å². The van der Waals surface area contributed by atoms with Gasteiger partial charge in [0.05, 0.1) is 5.70 Å². The highest BCUT2D eigenvalue weighted by molar-refractivity contribution is 14.1. The monoisotopic (exact) mass is 334 g/mol. The van der Waals surface area contributed by atoms with E-state index in [0.29, 0.717) is 3.92 Å². The van der Waals surface area contributed by atoms with Gasteiger partial charge < -0.3 is 15.4 Å². The van der Waals surface area contributed by atoms with E-state index in [1.165, 1.54) is 0 Å². The standard InChI is InChI=1S/C11H15IN2O2/c1-14-9-4-2-3-7(12)5-10(9)16-6-8(13)11(14)15/h2,4,7-8H,3,5-6,13H2,1H3. The molecule has 0 aromatic rings. The summed E-state index contributed by atoms with van der Waals surface area (Å²) in [4.78, 5) is 13.5. The first kappa shape index (κ1) is 11.9. The largest absolute Gasteiger partial charge is 0.494 e. The molecule has 1 aliphatic heterocycles. The molecule has 2 rings (SSSR count). The fourth-order valence-corrected chi connectivity index (χ4v) is 2.56. The number of allylic oxidation sites excluding steroid dienone is 3. The molecule has 2 aliphatic rings. The summed E-state index contributed by atoms with van der Waals surface area (Å²) in [5.41, 5.74) is 6.59. The van der Waals surface area contributed by atoms with Crippen molar-refractivity contribution >= 4 is 28.5 Å². The molecular formula is C11H15IN2O2. The SMILES string of the molecule is CN1C(=O)C(N)COC2=C1C=CCC(I)C2. The number of halogens is 1. The van der Waals surface area contributed by atoms with Crippen LogP contribution in [0.1, 0.15) is 12.8 Å². The first-order valence-corrected chi connectivity index (χ1v) is 6.54. The molecule has 0 aromatic carbocycles. The van der Waals surface area contributed by atoms with Crippen LogP contribution in [0.15, 0.2) is 23.6 Å². The molecule has 2 N–H and O–H groups in total. The third-order valence-electron chi connectivity index (χ3n) is 2.81. The second-order valence-electron chi connectivity index (χ2n) is 4.06. The summed E-state index contributed by atoms with van der Waals surface area (Å²) in [5, 5.41) is 0. The van der Waals surface area contributed by atoms with Crippen molar-refractivity contribution in [1.29, 1.82) is 0 Å². The molecule has 0 spiro atoms. The highest BCUT2D eigenvalue weighted by Gasteiger charge is 2.28. The van der Waals surface area contributed by atoms with Crippen molar-refractivity contribution in [3.05, 3.63) is 23.6 Å². The molecule has 2 unspecified atom stereocenters. The number of rotatable bonds is 0. The molecule has 0 aromatic heterocycles. The van der Waals surface area contributed by atoms with Crippen molar-refractivity contribution in [2.75, 3.05) is 13.7 Å². The van der Waals surface area contributed by atoms with Gasteiger partial charge in [-0.2, -0.15) is 0 Å². The zero-order chi connectivity index (χ0) is 11.7. The van der Waals surface area contributed by atoms with E-state index in [9.17, 15) is 4.79 Å². The maximum absolute atomic E-state index is 11.8. The van der Waals surface area contributed by atoms with Crippen molar-refractivity contribution in [3.63, 3.8) is 0 Å². The first-order chi connectivity index (χ1) is 7.59. The number of ether oxygens (including phenoxy) is 1. The zero-order valence-corrected chi connectivity index (χ0v) is 11.3. The lowest BCUT2D eigenvalue weighted by Gasteiger charge is -2.18. The van der Waals surface area contributed by atoms with Gasteiger partial charge in [0.25, 0.3) is 0 Å². The molecule has 0 fully saturated rings. The fourth-order valence-electron chi connectivity index (χ4n) is 1.87. The van der Waals surface area contributed by atoms with E-state index < -0.39 is 6.04 Å². The molecule has 0 bridgehead atoms. The van der Waals surface area contributed by atoms with Crippen LogP contribution in [0.3, 0.4) is 0 Å². The normalized spacial score (nSPS) is 30.7. The maximum atomic E-state index is 11.8. The van der Waals surface area contributed by atoms with Crippen LogP contribution in [0.2, 0.25) is 0 Å².